The van der Waals surface area contributed by atoms with Crippen LogP contribution in [-0.2, 0) is 14.8 Å². The molecular formula is C13H18BrNO5S. The third-order valence-corrected chi connectivity index (χ3v) is 5.00. The average Bonchev–Trinajstić information content (AvgIpc) is 2.35. The minimum Gasteiger partial charge on any atom is -0.495 e. The fourth-order valence-electron chi connectivity index (χ4n) is 1.75. The molecule has 0 unspecified atom stereocenters. The first-order valence-corrected chi connectivity index (χ1v) is 8.44. The molecule has 0 aliphatic carbocycles. The molecule has 0 bridgehead atoms. The number of rotatable bonds is 7. The summed E-state index contributed by atoms with van der Waals surface area (Å²) in [5.41, 5.74) is -0.884. The summed E-state index contributed by atoms with van der Waals surface area (Å²) in [4.78, 5) is 10.6. The van der Waals surface area contributed by atoms with Crippen LogP contribution in [0.3, 0.4) is 0 Å². The van der Waals surface area contributed by atoms with Gasteiger partial charge in [0.2, 0.25) is 10.0 Å². The predicted octanol–water partition coefficient (Wildman–Crippen LogP) is 2.38. The van der Waals surface area contributed by atoms with Crippen LogP contribution in [0.15, 0.2) is 27.6 Å². The quantitative estimate of drug-likeness (QED) is 0.758. The smallest absolute Gasteiger partial charge is 0.303 e. The SMILES string of the molecule is COc1ccc(Br)cc1S(=O)(=O)NC(C)(C)CCC(=O)O. The molecule has 118 valence electrons. The molecule has 0 atom stereocenters. The molecule has 0 spiro atoms. The van der Waals surface area contributed by atoms with Crippen molar-refractivity contribution < 1.29 is 23.1 Å². The lowest BCUT2D eigenvalue weighted by Crippen LogP contribution is -2.43. The molecule has 6 nitrogen and oxygen atoms in total. The van der Waals surface area contributed by atoms with Crippen LogP contribution in [0.5, 0.6) is 5.75 Å². The molecule has 0 aliphatic heterocycles. The normalized spacial score (nSPS) is 12.2. The van der Waals surface area contributed by atoms with Crippen molar-refractivity contribution >= 4 is 31.9 Å². The van der Waals surface area contributed by atoms with Crippen molar-refractivity contribution in [1.82, 2.24) is 4.72 Å². The first-order valence-electron chi connectivity index (χ1n) is 6.17. The van der Waals surface area contributed by atoms with Crippen molar-refractivity contribution in [2.24, 2.45) is 0 Å². The zero-order chi connectivity index (χ0) is 16.3. The number of ether oxygens (including phenoxy) is 1. The van der Waals surface area contributed by atoms with Gasteiger partial charge in [-0.15, -0.1) is 0 Å². The monoisotopic (exact) mass is 379 g/mol. The Kier molecular flexibility index (Phi) is 5.77. The van der Waals surface area contributed by atoms with Crippen LogP contribution >= 0.6 is 15.9 Å². The number of methoxy groups -OCH3 is 1. The van der Waals surface area contributed by atoms with Crippen molar-refractivity contribution in [2.45, 2.75) is 37.1 Å². The Labute approximate surface area is 132 Å². The Balaban J connectivity index is 3.06. The Bertz CT molecular complexity index is 627. The van der Waals surface area contributed by atoms with Crippen molar-refractivity contribution in [2.75, 3.05) is 7.11 Å². The highest BCUT2D eigenvalue weighted by atomic mass is 79.9. The van der Waals surface area contributed by atoms with E-state index in [1.165, 1.54) is 13.2 Å². The summed E-state index contributed by atoms with van der Waals surface area (Å²) in [6, 6.07) is 4.66. The average molecular weight is 380 g/mol. The maximum Gasteiger partial charge on any atom is 0.303 e. The van der Waals surface area contributed by atoms with Gasteiger partial charge in [0.15, 0.2) is 0 Å². The fraction of sp³-hybridized carbons (Fsp3) is 0.462. The van der Waals surface area contributed by atoms with Crippen LogP contribution in [-0.4, -0.2) is 32.1 Å². The molecule has 0 saturated heterocycles. The molecule has 0 radical (unpaired) electrons. The number of halogens is 1. The summed E-state index contributed by atoms with van der Waals surface area (Å²) in [7, 11) is -2.44. The number of sulfonamides is 1. The van der Waals surface area contributed by atoms with Gasteiger partial charge < -0.3 is 9.84 Å². The molecule has 0 aromatic heterocycles. The van der Waals surface area contributed by atoms with Gasteiger partial charge in [0.05, 0.1) is 7.11 Å². The van der Waals surface area contributed by atoms with Crippen LogP contribution < -0.4 is 9.46 Å². The highest BCUT2D eigenvalue weighted by Crippen LogP contribution is 2.28. The lowest BCUT2D eigenvalue weighted by atomic mass is 10.0. The van der Waals surface area contributed by atoms with E-state index in [4.69, 9.17) is 9.84 Å². The number of nitrogens with one attached hydrogen (secondary N) is 1. The molecule has 2 N–H and O–H groups in total. The van der Waals surface area contributed by atoms with Crippen LogP contribution in [0.4, 0.5) is 0 Å². The summed E-state index contributed by atoms with van der Waals surface area (Å²) >= 11 is 3.22. The third-order valence-electron chi connectivity index (χ3n) is 2.79. The second kappa shape index (κ2) is 6.76. The molecule has 8 heteroatoms. The van der Waals surface area contributed by atoms with E-state index in [1.807, 2.05) is 0 Å². The van der Waals surface area contributed by atoms with Gasteiger partial charge in [-0.05, 0) is 38.5 Å². The van der Waals surface area contributed by atoms with E-state index in [1.54, 1.807) is 26.0 Å². The topological polar surface area (TPSA) is 92.7 Å². The standard InChI is InChI=1S/C13H18BrNO5S/c1-13(2,7-6-12(16)17)15-21(18,19)11-8-9(14)4-5-10(11)20-3/h4-5,8,15H,6-7H2,1-3H3,(H,16,17). The van der Waals surface area contributed by atoms with Crippen LogP contribution in [0.25, 0.3) is 0 Å². The second-order valence-corrected chi connectivity index (χ2v) is 7.74. The van der Waals surface area contributed by atoms with Crippen molar-refractivity contribution in [3.05, 3.63) is 22.7 Å². The first-order chi connectivity index (χ1) is 9.57. The number of carboxylic acid groups (broad SMARTS) is 1. The van der Waals surface area contributed by atoms with Crippen molar-refractivity contribution in [1.29, 1.82) is 0 Å². The molecule has 0 fully saturated rings. The van der Waals surface area contributed by atoms with Gasteiger partial charge in [0.1, 0.15) is 10.6 Å². The van der Waals surface area contributed by atoms with E-state index in [2.05, 4.69) is 20.7 Å². The molecule has 0 aliphatic rings. The predicted molar refractivity (Wildman–Crippen MR) is 82.0 cm³/mol. The molecule has 0 heterocycles. The highest BCUT2D eigenvalue weighted by molar-refractivity contribution is 9.10. The summed E-state index contributed by atoms with van der Waals surface area (Å²) in [6.07, 6.45) is 0.0586. The van der Waals surface area contributed by atoms with Gasteiger partial charge in [0, 0.05) is 16.4 Å². The number of benzene rings is 1. The molecule has 21 heavy (non-hydrogen) atoms. The Morgan fingerprint density at radius 2 is 2.05 bits per heavy atom. The summed E-state index contributed by atoms with van der Waals surface area (Å²) < 4.78 is 33.1. The van der Waals surface area contributed by atoms with E-state index in [0.717, 1.165) is 0 Å². The van der Waals surface area contributed by atoms with Gasteiger partial charge >= 0.3 is 5.97 Å². The maximum absolute atomic E-state index is 12.5. The van der Waals surface area contributed by atoms with Gasteiger partial charge in [-0.1, -0.05) is 15.9 Å². The summed E-state index contributed by atoms with van der Waals surface area (Å²) in [5.74, 6) is -0.748. The number of aliphatic carboxylic acids is 1. The zero-order valence-electron chi connectivity index (χ0n) is 12.0. The molecule has 0 saturated carbocycles. The zero-order valence-corrected chi connectivity index (χ0v) is 14.4. The lowest BCUT2D eigenvalue weighted by Gasteiger charge is -2.25. The van der Waals surface area contributed by atoms with E-state index >= 15 is 0 Å². The van der Waals surface area contributed by atoms with Gasteiger partial charge in [-0.2, -0.15) is 0 Å². The van der Waals surface area contributed by atoms with Crippen LogP contribution in [0, 0.1) is 0 Å². The molecule has 1 aromatic carbocycles. The van der Waals surface area contributed by atoms with Crippen molar-refractivity contribution in [3.63, 3.8) is 0 Å². The van der Waals surface area contributed by atoms with E-state index < -0.39 is 21.5 Å². The minimum absolute atomic E-state index is 0.00257. The van der Waals surface area contributed by atoms with E-state index in [-0.39, 0.29) is 23.5 Å². The Morgan fingerprint density at radius 3 is 2.57 bits per heavy atom. The van der Waals surface area contributed by atoms with Gasteiger partial charge in [-0.3, -0.25) is 4.79 Å². The van der Waals surface area contributed by atoms with Gasteiger partial charge in [-0.25, -0.2) is 13.1 Å². The fourth-order valence-corrected chi connectivity index (χ4v) is 3.90. The van der Waals surface area contributed by atoms with E-state index in [0.29, 0.717) is 4.47 Å². The number of carbonyl (C=O) groups is 1. The van der Waals surface area contributed by atoms with Crippen LogP contribution in [0.1, 0.15) is 26.7 Å². The first kappa shape index (κ1) is 17.9. The minimum atomic E-state index is -3.83. The Hall–Kier alpha value is -1.12. The summed E-state index contributed by atoms with van der Waals surface area (Å²) in [5, 5.41) is 8.71. The molecular weight excluding hydrogens is 362 g/mol. The highest BCUT2D eigenvalue weighted by Gasteiger charge is 2.29. The number of hydrogen-bond acceptors (Lipinski definition) is 4. The largest absolute Gasteiger partial charge is 0.495 e. The number of carboxylic acids is 1. The summed E-state index contributed by atoms with van der Waals surface area (Å²) in [6.45, 7) is 3.27. The molecule has 1 aromatic rings. The van der Waals surface area contributed by atoms with E-state index in [9.17, 15) is 13.2 Å². The second-order valence-electron chi connectivity index (χ2n) is 5.18. The molecule has 1 rings (SSSR count). The lowest BCUT2D eigenvalue weighted by molar-refractivity contribution is -0.137. The van der Waals surface area contributed by atoms with Crippen LogP contribution in [0.2, 0.25) is 0 Å². The maximum atomic E-state index is 12.5. The number of hydrogen-bond donors (Lipinski definition) is 2. The van der Waals surface area contributed by atoms with Gasteiger partial charge in [0.25, 0.3) is 0 Å². The molecule has 0 amide bonds. The van der Waals surface area contributed by atoms with Crippen molar-refractivity contribution in [3.8, 4) is 5.75 Å². The third kappa shape index (κ3) is 5.29. The Morgan fingerprint density at radius 1 is 1.43 bits per heavy atom.